The SMILES string of the molecule is CNc1cc(C=O)ccn1. The fraction of sp³-hybridized carbons (Fsp3) is 0.143. The lowest BCUT2D eigenvalue weighted by atomic mass is 10.3. The summed E-state index contributed by atoms with van der Waals surface area (Å²) in [5.74, 6) is 0.713. The summed E-state index contributed by atoms with van der Waals surface area (Å²) in [6.45, 7) is 0. The number of carbonyl (C=O) groups excluding carboxylic acids is 1. The van der Waals surface area contributed by atoms with Crippen molar-refractivity contribution >= 4 is 12.1 Å². The highest BCUT2D eigenvalue weighted by atomic mass is 16.1. The van der Waals surface area contributed by atoms with Crippen molar-refractivity contribution in [2.75, 3.05) is 12.4 Å². The largest absolute Gasteiger partial charge is 0.373 e. The number of nitrogens with one attached hydrogen (secondary N) is 1. The van der Waals surface area contributed by atoms with Crippen molar-refractivity contribution in [3.05, 3.63) is 23.9 Å². The summed E-state index contributed by atoms with van der Waals surface area (Å²) in [6.07, 6.45) is 2.39. The normalized spacial score (nSPS) is 8.90. The van der Waals surface area contributed by atoms with Gasteiger partial charge >= 0.3 is 0 Å². The standard InChI is InChI=1S/C7H8N2O/c1-8-7-4-6(5-10)2-3-9-7/h2-5H,1H3,(H,8,9). The van der Waals surface area contributed by atoms with Crippen molar-refractivity contribution in [3.8, 4) is 0 Å². The minimum Gasteiger partial charge on any atom is -0.373 e. The summed E-state index contributed by atoms with van der Waals surface area (Å²) in [7, 11) is 1.76. The number of anilines is 1. The second kappa shape index (κ2) is 2.96. The Morgan fingerprint density at radius 1 is 1.70 bits per heavy atom. The van der Waals surface area contributed by atoms with Crippen molar-refractivity contribution in [3.63, 3.8) is 0 Å². The number of pyridine rings is 1. The third-order valence-corrected chi connectivity index (χ3v) is 1.18. The zero-order valence-electron chi connectivity index (χ0n) is 5.66. The lowest BCUT2D eigenvalue weighted by Crippen LogP contribution is -1.92. The van der Waals surface area contributed by atoms with Crippen molar-refractivity contribution < 1.29 is 4.79 Å². The Balaban J connectivity index is 2.98. The predicted molar refractivity (Wildman–Crippen MR) is 39.2 cm³/mol. The first-order chi connectivity index (χ1) is 4.86. The second-order valence-electron chi connectivity index (χ2n) is 1.84. The molecule has 0 saturated heterocycles. The topological polar surface area (TPSA) is 42.0 Å². The minimum atomic E-state index is 0.638. The Morgan fingerprint density at radius 2 is 2.50 bits per heavy atom. The lowest BCUT2D eigenvalue weighted by molar-refractivity contribution is 0.112. The molecule has 1 N–H and O–H groups in total. The van der Waals surface area contributed by atoms with Crippen molar-refractivity contribution in [1.29, 1.82) is 0 Å². The average Bonchev–Trinajstić information content (AvgIpc) is 2.05. The summed E-state index contributed by atoms with van der Waals surface area (Å²) >= 11 is 0. The van der Waals surface area contributed by atoms with Crippen molar-refractivity contribution in [2.24, 2.45) is 0 Å². The van der Waals surface area contributed by atoms with Crippen LogP contribution in [0.4, 0.5) is 5.82 Å². The number of rotatable bonds is 2. The molecule has 1 heterocycles. The second-order valence-corrected chi connectivity index (χ2v) is 1.84. The molecule has 0 radical (unpaired) electrons. The van der Waals surface area contributed by atoms with Gasteiger partial charge in [0.25, 0.3) is 0 Å². The van der Waals surface area contributed by atoms with E-state index in [0.29, 0.717) is 11.4 Å². The molecule has 0 bridgehead atoms. The van der Waals surface area contributed by atoms with E-state index >= 15 is 0 Å². The van der Waals surface area contributed by atoms with Crippen LogP contribution in [-0.2, 0) is 0 Å². The van der Waals surface area contributed by atoms with Gasteiger partial charge < -0.3 is 5.32 Å². The highest BCUT2D eigenvalue weighted by molar-refractivity contribution is 5.75. The molecule has 0 aliphatic carbocycles. The first-order valence-corrected chi connectivity index (χ1v) is 2.96. The van der Waals surface area contributed by atoms with E-state index in [0.717, 1.165) is 6.29 Å². The number of nitrogens with zero attached hydrogens (tertiary/aromatic N) is 1. The van der Waals surface area contributed by atoms with Crippen LogP contribution in [0, 0.1) is 0 Å². The van der Waals surface area contributed by atoms with Gasteiger partial charge in [-0.05, 0) is 12.1 Å². The number of aldehydes is 1. The lowest BCUT2D eigenvalue weighted by Gasteiger charge is -1.96. The molecule has 0 aliphatic heterocycles. The van der Waals surface area contributed by atoms with Crippen molar-refractivity contribution in [2.45, 2.75) is 0 Å². The Bertz CT molecular complexity index is 235. The molecule has 0 aromatic carbocycles. The molecule has 52 valence electrons. The molecule has 0 unspecified atom stereocenters. The highest BCUT2D eigenvalue weighted by Gasteiger charge is 1.90. The van der Waals surface area contributed by atoms with Gasteiger partial charge in [-0.25, -0.2) is 4.98 Å². The summed E-state index contributed by atoms with van der Waals surface area (Å²) in [5, 5.41) is 2.83. The maximum absolute atomic E-state index is 10.2. The third kappa shape index (κ3) is 1.31. The quantitative estimate of drug-likeness (QED) is 0.615. The van der Waals surface area contributed by atoms with Crippen LogP contribution in [0.5, 0.6) is 0 Å². The molecule has 0 fully saturated rings. The van der Waals surface area contributed by atoms with E-state index in [9.17, 15) is 4.79 Å². The fourth-order valence-electron chi connectivity index (χ4n) is 0.657. The average molecular weight is 136 g/mol. The number of hydrogen-bond acceptors (Lipinski definition) is 3. The molecule has 0 atom stereocenters. The van der Waals surface area contributed by atoms with E-state index in [2.05, 4.69) is 10.3 Å². The van der Waals surface area contributed by atoms with Crippen LogP contribution >= 0.6 is 0 Å². The van der Waals surface area contributed by atoms with Crippen LogP contribution in [0.25, 0.3) is 0 Å². The maximum Gasteiger partial charge on any atom is 0.150 e. The van der Waals surface area contributed by atoms with Gasteiger partial charge in [0.05, 0.1) is 0 Å². The molecule has 1 rings (SSSR count). The van der Waals surface area contributed by atoms with Crippen molar-refractivity contribution in [1.82, 2.24) is 4.98 Å². The monoisotopic (exact) mass is 136 g/mol. The summed E-state index contributed by atoms with van der Waals surface area (Å²) in [6, 6.07) is 3.35. The smallest absolute Gasteiger partial charge is 0.150 e. The van der Waals surface area contributed by atoms with E-state index in [1.165, 1.54) is 0 Å². The minimum absolute atomic E-state index is 0.638. The van der Waals surface area contributed by atoms with Gasteiger partial charge in [-0.2, -0.15) is 0 Å². The highest BCUT2D eigenvalue weighted by Crippen LogP contribution is 2.02. The van der Waals surface area contributed by atoms with Gasteiger partial charge in [-0.3, -0.25) is 4.79 Å². The van der Waals surface area contributed by atoms with Gasteiger partial charge in [-0.1, -0.05) is 0 Å². The molecule has 0 saturated carbocycles. The zero-order valence-corrected chi connectivity index (χ0v) is 5.66. The van der Waals surface area contributed by atoms with Crippen LogP contribution in [0.1, 0.15) is 10.4 Å². The van der Waals surface area contributed by atoms with Gasteiger partial charge in [0.2, 0.25) is 0 Å². The van der Waals surface area contributed by atoms with Gasteiger partial charge in [0, 0.05) is 18.8 Å². The Hall–Kier alpha value is -1.38. The van der Waals surface area contributed by atoms with Gasteiger partial charge in [0.15, 0.2) is 0 Å². The van der Waals surface area contributed by atoms with E-state index in [4.69, 9.17) is 0 Å². The Labute approximate surface area is 59.1 Å². The fourth-order valence-corrected chi connectivity index (χ4v) is 0.657. The first kappa shape index (κ1) is 6.74. The summed E-state index contributed by atoms with van der Waals surface area (Å²) in [5.41, 5.74) is 0.638. The molecule has 10 heavy (non-hydrogen) atoms. The Kier molecular flexibility index (Phi) is 1.99. The van der Waals surface area contributed by atoms with E-state index in [-0.39, 0.29) is 0 Å². The molecule has 1 aromatic heterocycles. The van der Waals surface area contributed by atoms with E-state index in [1.54, 1.807) is 25.4 Å². The first-order valence-electron chi connectivity index (χ1n) is 2.96. The maximum atomic E-state index is 10.2. The van der Waals surface area contributed by atoms with E-state index < -0.39 is 0 Å². The summed E-state index contributed by atoms with van der Waals surface area (Å²) in [4.78, 5) is 14.2. The predicted octanol–water partition coefficient (Wildman–Crippen LogP) is 0.936. The molecule has 3 nitrogen and oxygen atoms in total. The zero-order chi connectivity index (χ0) is 7.40. The molecule has 0 aliphatic rings. The van der Waals surface area contributed by atoms with Gasteiger partial charge in [-0.15, -0.1) is 0 Å². The van der Waals surface area contributed by atoms with Crippen LogP contribution in [-0.4, -0.2) is 18.3 Å². The van der Waals surface area contributed by atoms with Crippen LogP contribution in [0.15, 0.2) is 18.3 Å². The third-order valence-electron chi connectivity index (χ3n) is 1.18. The van der Waals surface area contributed by atoms with Gasteiger partial charge in [0.1, 0.15) is 12.1 Å². The molecule has 0 spiro atoms. The van der Waals surface area contributed by atoms with Crippen LogP contribution < -0.4 is 5.32 Å². The summed E-state index contributed by atoms with van der Waals surface area (Å²) < 4.78 is 0. The molecule has 3 heteroatoms. The van der Waals surface area contributed by atoms with E-state index in [1.807, 2.05) is 0 Å². The number of carbonyl (C=O) groups is 1. The van der Waals surface area contributed by atoms with Crippen LogP contribution in [0.3, 0.4) is 0 Å². The number of aromatic nitrogens is 1. The molecular weight excluding hydrogens is 128 g/mol. The molecular formula is C7H8N2O. The Morgan fingerprint density at radius 3 is 3.10 bits per heavy atom. The molecule has 1 aromatic rings. The molecule has 0 amide bonds. The van der Waals surface area contributed by atoms with Crippen LogP contribution in [0.2, 0.25) is 0 Å². The number of hydrogen-bond donors (Lipinski definition) is 1.